The van der Waals surface area contributed by atoms with Gasteiger partial charge in [0.2, 0.25) is 0 Å². The van der Waals surface area contributed by atoms with Gasteiger partial charge in [-0.15, -0.1) is 0 Å². The molecule has 1 saturated heterocycles. The lowest BCUT2D eigenvalue weighted by Crippen LogP contribution is -2.56. The number of nitrogens with zero attached hydrogens (tertiary/aromatic N) is 1. The van der Waals surface area contributed by atoms with Crippen molar-refractivity contribution in [2.45, 2.75) is 30.5 Å². The van der Waals surface area contributed by atoms with Crippen LogP contribution in [-0.2, 0) is 10.9 Å². The molecule has 1 aliphatic heterocycles. The number of aliphatic hydroxyl groups excluding tert-OH is 3. The third kappa shape index (κ3) is 3.33. The van der Waals surface area contributed by atoms with E-state index >= 15 is 0 Å². The van der Waals surface area contributed by atoms with E-state index in [0.29, 0.717) is 15.3 Å². The summed E-state index contributed by atoms with van der Waals surface area (Å²) in [6.07, 6.45) is -7.77. The number of benzene rings is 1. The molecule has 0 amide bonds. The molecule has 0 unspecified atom stereocenters. The first-order chi connectivity index (χ1) is 11.3. The molecular weight excluding hydrogens is 349 g/mol. The molecule has 0 saturated carbocycles. The van der Waals surface area contributed by atoms with E-state index in [2.05, 4.69) is 10.3 Å². The summed E-state index contributed by atoms with van der Waals surface area (Å²) in [5.74, 6) is 0. The summed E-state index contributed by atoms with van der Waals surface area (Å²) in [5.41, 5.74) is -0.358. The van der Waals surface area contributed by atoms with Crippen LogP contribution in [0.25, 0.3) is 10.2 Å². The molecule has 4 atom stereocenters. The number of nitrogens with one attached hydrogen (secondary N) is 1. The van der Waals surface area contributed by atoms with Crippen LogP contribution in [-0.4, -0.2) is 57.9 Å². The second-order valence-electron chi connectivity index (χ2n) is 5.49. The zero-order chi connectivity index (χ0) is 17.5. The van der Waals surface area contributed by atoms with Crippen LogP contribution in [0.1, 0.15) is 5.56 Å². The van der Waals surface area contributed by atoms with Gasteiger partial charge in [0.15, 0.2) is 5.13 Å². The van der Waals surface area contributed by atoms with Crippen LogP contribution in [0.15, 0.2) is 18.2 Å². The summed E-state index contributed by atoms with van der Waals surface area (Å²) in [5, 5.41) is 32.1. The summed E-state index contributed by atoms with van der Waals surface area (Å²) in [6.45, 7) is -0.403. The van der Waals surface area contributed by atoms with E-state index < -0.39 is 42.7 Å². The molecule has 2 heterocycles. The first kappa shape index (κ1) is 17.4. The number of fused-ring (bicyclic) bond motifs is 1. The summed E-state index contributed by atoms with van der Waals surface area (Å²) in [7, 11) is 0. The summed E-state index contributed by atoms with van der Waals surface area (Å²) < 4.78 is 43.8. The highest BCUT2D eigenvalue weighted by atomic mass is 32.1. The number of ether oxygens (including phenoxy) is 1. The van der Waals surface area contributed by atoms with Gasteiger partial charge in [-0.3, -0.25) is 0 Å². The zero-order valence-corrected chi connectivity index (χ0v) is 13.0. The van der Waals surface area contributed by atoms with Crippen LogP contribution in [0.3, 0.4) is 0 Å². The Morgan fingerprint density at radius 1 is 1.29 bits per heavy atom. The Morgan fingerprint density at radius 2 is 2.04 bits per heavy atom. The molecule has 0 bridgehead atoms. The molecule has 2 aromatic rings. The van der Waals surface area contributed by atoms with Gasteiger partial charge in [-0.25, -0.2) is 4.98 Å². The summed E-state index contributed by atoms with van der Waals surface area (Å²) >= 11 is 1.01. The van der Waals surface area contributed by atoms with Gasteiger partial charge in [-0.1, -0.05) is 11.3 Å². The Kier molecular flexibility index (Phi) is 4.67. The van der Waals surface area contributed by atoms with Crippen LogP contribution >= 0.6 is 11.3 Å². The van der Waals surface area contributed by atoms with E-state index in [0.717, 1.165) is 23.5 Å². The number of hydrogen-bond acceptors (Lipinski definition) is 7. The zero-order valence-electron chi connectivity index (χ0n) is 12.2. The predicted molar refractivity (Wildman–Crippen MR) is 80.9 cm³/mol. The molecule has 24 heavy (non-hydrogen) atoms. The number of halogens is 3. The number of aliphatic hydroxyl groups is 3. The van der Waals surface area contributed by atoms with Crippen molar-refractivity contribution in [3.05, 3.63) is 23.8 Å². The maximum absolute atomic E-state index is 12.7. The molecule has 1 fully saturated rings. The van der Waals surface area contributed by atoms with Crippen molar-refractivity contribution < 1.29 is 33.2 Å². The smallest absolute Gasteiger partial charge is 0.394 e. The number of rotatable bonds is 3. The fraction of sp³-hybridized carbons (Fsp3) is 0.500. The molecule has 10 heteroatoms. The van der Waals surface area contributed by atoms with Crippen molar-refractivity contribution in [3.63, 3.8) is 0 Å². The fourth-order valence-electron chi connectivity index (χ4n) is 2.49. The highest BCUT2D eigenvalue weighted by molar-refractivity contribution is 7.22. The molecule has 132 valence electrons. The maximum Gasteiger partial charge on any atom is 0.416 e. The highest BCUT2D eigenvalue weighted by Gasteiger charge is 2.38. The molecule has 1 aromatic carbocycles. The van der Waals surface area contributed by atoms with E-state index in [1.807, 2.05) is 0 Å². The third-order valence-electron chi connectivity index (χ3n) is 3.84. The van der Waals surface area contributed by atoms with Gasteiger partial charge in [-0.05, 0) is 18.2 Å². The van der Waals surface area contributed by atoms with Crippen LogP contribution < -0.4 is 5.32 Å². The Hall–Kier alpha value is -1.46. The minimum atomic E-state index is -4.43. The van der Waals surface area contributed by atoms with Gasteiger partial charge in [-0.2, -0.15) is 13.2 Å². The Labute approximate surface area is 138 Å². The van der Waals surface area contributed by atoms with Crippen molar-refractivity contribution in [1.29, 1.82) is 0 Å². The first-order valence-corrected chi connectivity index (χ1v) is 7.94. The van der Waals surface area contributed by atoms with E-state index in [-0.39, 0.29) is 6.61 Å². The minimum absolute atomic E-state index is 0.0210. The number of thiazole rings is 1. The van der Waals surface area contributed by atoms with E-state index in [1.54, 1.807) is 0 Å². The van der Waals surface area contributed by atoms with Gasteiger partial charge in [0.1, 0.15) is 18.3 Å². The Balaban J connectivity index is 1.78. The molecule has 0 aliphatic carbocycles. The average Bonchev–Trinajstić information content (AvgIpc) is 2.92. The molecule has 1 aliphatic rings. The normalized spacial score (nSPS) is 28.2. The lowest BCUT2D eigenvalue weighted by molar-refractivity contribution is -0.152. The number of aromatic nitrogens is 1. The van der Waals surface area contributed by atoms with Gasteiger partial charge in [0.25, 0.3) is 0 Å². The van der Waals surface area contributed by atoms with Gasteiger partial charge in [0, 0.05) is 0 Å². The van der Waals surface area contributed by atoms with Crippen molar-refractivity contribution in [2.75, 3.05) is 18.5 Å². The molecular formula is C14H15F3N2O4S. The molecule has 4 N–H and O–H groups in total. The lowest BCUT2D eigenvalue weighted by Gasteiger charge is -2.37. The average molecular weight is 364 g/mol. The molecule has 6 nitrogen and oxygen atoms in total. The second kappa shape index (κ2) is 6.45. The lowest BCUT2D eigenvalue weighted by atomic mass is 9.99. The summed E-state index contributed by atoms with van der Waals surface area (Å²) in [4.78, 5) is 4.17. The number of hydrogen-bond donors (Lipinski definition) is 4. The van der Waals surface area contributed by atoms with Crippen LogP contribution in [0.5, 0.6) is 0 Å². The number of anilines is 1. The fourth-order valence-corrected chi connectivity index (χ4v) is 3.46. The van der Waals surface area contributed by atoms with E-state index in [4.69, 9.17) is 9.84 Å². The minimum Gasteiger partial charge on any atom is -0.394 e. The van der Waals surface area contributed by atoms with Crippen molar-refractivity contribution in [3.8, 4) is 0 Å². The standard InChI is InChI=1S/C14H15F3N2O4S/c15-14(16,17)6-1-2-7-10(3-6)24-13(18-7)19-8-5-23-9(4-20)12(22)11(8)21/h1-3,8-9,11-12,20-22H,4-5H2,(H,18,19)/t8-,9+,11+,12-/m0/s1. The third-order valence-corrected chi connectivity index (χ3v) is 4.79. The molecule has 3 rings (SSSR count). The van der Waals surface area contributed by atoms with E-state index in [1.165, 1.54) is 6.07 Å². The summed E-state index contributed by atoms with van der Waals surface area (Å²) in [6, 6.07) is 2.57. The highest BCUT2D eigenvalue weighted by Crippen LogP contribution is 2.34. The maximum atomic E-state index is 12.7. The second-order valence-corrected chi connectivity index (χ2v) is 6.52. The van der Waals surface area contributed by atoms with Crippen LogP contribution in [0.4, 0.5) is 18.3 Å². The van der Waals surface area contributed by atoms with Gasteiger partial charge < -0.3 is 25.4 Å². The Morgan fingerprint density at radius 3 is 2.71 bits per heavy atom. The molecule has 0 radical (unpaired) electrons. The van der Waals surface area contributed by atoms with Crippen LogP contribution in [0, 0.1) is 0 Å². The van der Waals surface area contributed by atoms with Gasteiger partial charge >= 0.3 is 6.18 Å². The van der Waals surface area contributed by atoms with Crippen molar-refractivity contribution in [1.82, 2.24) is 4.98 Å². The van der Waals surface area contributed by atoms with E-state index in [9.17, 15) is 23.4 Å². The monoisotopic (exact) mass is 364 g/mol. The number of alkyl halides is 3. The molecule has 1 aromatic heterocycles. The topological polar surface area (TPSA) is 94.8 Å². The quantitative estimate of drug-likeness (QED) is 0.654. The first-order valence-electron chi connectivity index (χ1n) is 7.12. The predicted octanol–water partition coefficient (Wildman–Crippen LogP) is 1.21. The largest absolute Gasteiger partial charge is 0.416 e. The van der Waals surface area contributed by atoms with Crippen LogP contribution in [0.2, 0.25) is 0 Å². The van der Waals surface area contributed by atoms with Crippen molar-refractivity contribution in [2.24, 2.45) is 0 Å². The SMILES string of the molecule is OC[C@H]1OC[C@H](Nc2nc3ccc(C(F)(F)F)cc3s2)[C@@H](O)[C@H]1O. The Bertz CT molecular complexity index is 724. The van der Waals surface area contributed by atoms with Gasteiger partial charge in [0.05, 0.1) is 35.0 Å². The molecule has 0 spiro atoms. The van der Waals surface area contributed by atoms with Crippen molar-refractivity contribution >= 4 is 26.7 Å².